The third kappa shape index (κ3) is 4.84. The highest BCUT2D eigenvalue weighted by atomic mass is 16.5. The largest absolute Gasteiger partial charge is 0.496 e. The summed E-state index contributed by atoms with van der Waals surface area (Å²) in [4.78, 5) is 0. The van der Waals surface area contributed by atoms with E-state index in [0.29, 0.717) is 12.5 Å². The number of benzene rings is 1. The van der Waals surface area contributed by atoms with Crippen LogP contribution in [-0.4, -0.2) is 24.4 Å². The summed E-state index contributed by atoms with van der Waals surface area (Å²) in [5, 5.41) is 13.0. The molecule has 0 radical (unpaired) electrons. The molecule has 0 aliphatic rings. The zero-order valence-electron chi connectivity index (χ0n) is 13.0. The van der Waals surface area contributed by atoms with Gasteiger partial charge < -0.3 is 15.2 Å². The van der Waals surface area contributed by atoms with E-state index in [1.54, 1.807) is 21.0 Å². The van der Waals surface area contributed by atoms with Gasteiger partial charge in [0.2, 0.25) is 0 Å². The molecular weight excluding hydrogens is 238 g/mol. The summed E-state index contributed by atoms with van der Waals surface area (Å²) in [6, 6.07) is 4.30. The number of hydrogen-bond donors (Lipinski definition) is 2. The van der Waals surface area contributed by atoms with Gasteiger partial charge in [0.15, 0.2) is 0 Å². The maximum absolute atomic E-state index is 9.71. The fourth-order valence-corrected chi connectivity index (χ4v) is 2.07. The molecule has 19 heavy (non-hydrogen) atoms. The number of nitrogens with one attached hydrogen (secondary N) is 1. The molecule has 3 heteroatoms. The highest BCUT2D eigenvalue weighted by Crippen LogP contribution is 2.29. The van der Waals surface area contributed by atoms with Crippen molar-refractivity contribution in [2.24, 2.45) is 0 Å². The van der Waals surface area contributed by atoms with Crippen molar-refractivity contribution in [3.63, 3.8) is 0 Å². The monoisotopic (exact) mass is 265 g/mol. The number of ether oxygens (including phenoxy) is 1. The number of aryl methyl sites for hydroxylation is 1. The first-order valence-corrected chi connectivity index (χ1v) is 6.85. The van der Waals surface area contributed by atoms with Gasteiger partial charge in [0.05, 0.1) is 12.7 Å². The molecule has 0 amide bonds. The van der Waals surface area contributed by atoms with Gasteiger partial charge in [0, 0.05) is 13.1 Å². The van der Waals surface area contributed by atoms with Gasteiger partial charge in [-0.15, -0.1) is 0 Å². The summed E-state index contributed by atoms with van der Waals surface area (Å²) in [6.07, 6.45) is 0. The summed E-state index contributed by atoms with van der Waals surface area (Å²) in [7, 11) is 1.72. The molecule has 0 unspecified atom stereocenters. The van der Waals surface area contributed by atoms with Crippen LogP contribution < -0.4 is 10.1 Å². The van der Waals surface area contributed by atoms with E-state index in [4.69, 9.17) is 4.74 Å². The predicted octanol–water partition coefficient (Wildman–Crippen LogP) is 2.99. The fourth-order valence-electron chi connectivity index (χ4n) is 2.07. The Bertz CT molecular complexity index is 419. The van der Waals surface area contributed by atoms with Crippen molar-refractivity contribution < 1.29 is 9.84 Å². The summed E-state index contributed by atoms with van der Waals surface area (Å²) in [5.74, 6) is 1.39. The van der Waals surface area contributed by atoms with Crippen LogP contribution in [0.5, 0.6) is 5.75 Å². The number of methoxy groups -OCH3 is 1. The van der Waals surface area contributed by atoms with Gasteiger partial charge in [0.25, 0.3) is 0 Å². The van der Waals surface area contributed by atoms with Crippen molar-refractivity contribution >= 4 is 0 Å². The van der Waals surface area contributed by atoms with Crippen LogP contribution in [0.3, 0.4) is 0 Å². The third-order valence-corrected chi connectivity index (χ3v) is 3.18. The smallest absolute Gasteiger partial charge is 0.122 e. The van der Waals surface area contributed by atoms with E-state index in [1.165, 1.54) is 16.7 Å². The van der Waals surface area contributed by atoms with Gasteiger partial charge in [-0.3, -0.25) is 0 Å². The van der Waals surface area contributed by atoms with E-state index in [-0.39, 0.29) is 0 Å². The first kappa shape index (κ1) is 16.0. The van der Waals surface area contributed by atoms with Crippen LogP contribution in [0.2, 0.25) is 0 Å². The molecule has 0 bridgehead atoms. The quantitative estimate of drug-likeness (QED) is 0.831. The molecule has 0 saturated carbocycles. The molecule has 0 atom stereocenters. The highest BCUT2D eigenvalue weighted by Gasteiger charge is 2.13. The second-order valence-corrected chi connectivity index (χ2v) is 6.09. The normalized spacial score (nSPS) is 12.0. The standard InChI is InChI=1S/C16H27NO2/c1-11(2)14-8-13(9-17-10-16(4,5)18)12(3)7-15(14)19-6/h7-8,11,17-18H,9-10H2,1-6H3. The molecule has 0 aliphatic heterocycles. The van der Waals surface area contributed by atoms with Gasteiger partial charge >= 0.3 is 0 Å². The average molecular weight is 265 g/mol. The van der Waals surface area contributed by atoms with Crippen LogP contribution in [-0.2, 0) is 6.54 Å². The Kier molecular flexibility index (Phi) is 5.39. The average Bonchev–Trinajstić information content (AvgIpc) is 2.28. The Morgan fingerprint density at radius 1 is 1.32 bits per heavy atom. The van der Waals surface area contributed by atoms with Gasteiger partial charge in [0.1, 0.15) is 5.75 Å². The first-order chi connectivity index (χ1) is 8.74. The van der Waals surface area contributed by atoms with Crippen molar-refractivity contribution in [2.75, 3.05) is 13.7 Å². The van der Waals surface area contributed by atoms with E-state index >= 15 is 0 Å². The molecule has 0 aliphatic carbocycles. The first-order valence-electron chi connectivity index (χ1n) is 6.85. The van der Waals surface area contributed by atoms with Gasteiger partial charge in [-0.25, -0.2) is 0 Å². The lowest BCUT2D eigenvalue weighted by molar-refractivity contribution is 0.0795. The number of aliphatic hydroxyl groups is 1. The molecule has 1 rings (SSSR count). The molecule has 0 fully saturated rings. The Balaban J connectivity index is 2.86. The highest BCUT2D eigenvalue weighted by molar-refractivity contribution is 5.43. The van der Waals surface area contributed by atoms with Gasteiger partial charge in [-0.1, -0.05) is 19.9 Å². The Hall–Kier alpha value is -1.06. The second-order valence-electron chi connectivity index (χ2n) is 6.09. The third-order valence-electron chi connectivity index (χ3n) is 3.18. The van der Waals surface area contributed by atoms with E-state index in [1.807, 2.05) is 0 Å². The van der Waals surface area contributed by atoms with Crippen LogP contribution >= 0.6 is 0 Å². The van der Waals surface area contributed by atoms with Crippen molar-refractivity contribution in [2.45, 2.75) is 52.7 Å². The Morgan fingerprint density at radius 2 is 1.95 bits per heavy atom. The van der Waals surface area contributed by atoms with E-state index in [9.17, 15) is 5.11 Å². The van der Waals surface area contributed by atoms with Crippen LogP contribution in [0, 0.1) is 6.92 Å². The van der Waals surface area contributed by atoms with Crippen LogP contribution in [0.1, 0.15) is 50.3 Å². The minimum absolute atomic E-state index is 0.434. The van der Waals surface area contributed by atoms with Crippen molar-refractivity contribution in [1.82, 2.24) is 5.32 Å². The number of rotatable bonds is 6. The van der Waals surface area contributed by atoms with E-state index < -0.39 is 5.60 Å². The molecule has 0 heterocycles. The lowest BCUT2D eigenvalue weighted by Crippen LogP contribution is -2.34. The molecule has 0 saturated heterocycles. The summed E-state index contributed by atoms with van der Waals surface area (Å²) in [6.45, 7) is 11.4. The van der Waals surface area contributed by atoms with Crippen molar-refractivity contribution in [1.29, 1.82) is 0 Å². The Labute approximate surface area is 117 Å². The lowest BCUT2D eigenvalue weighted by atomic mass is 9.96. The minimum Gasteiger partial charge on any atom is -0.496 e. The lowest BCUT2D eigenvalue weighted by Gasteiger charge is -2.20. The van der Waals surface area contributed by atoms with Crippen molar-refractivity contribution in [3.8, 4) is 5.75 Å². The van der Waals surface area contributed by atoms with E-state index in [0.717, 1.165) is 12.3 Å². The Morgan fingerprint density at radius 3 is 2.42 bits per heavy atom. The molecule has 1 aromatic rings. The van der Waals surface area contributed by atoms with E-state index in [2.05, 4.69) is 38.2 Å². The fraction of sp³-hybridized carbons (Fsp3) is 0.625. The van der Waals surface area contributed by atoms with Crippen LogP contribution in [0.25, 0.3) is 0 Å². The maximum Gasteiger partial charge on any atom is 0.122 e. The van der Waals surface area contributed by atoms with Crippen LogP contribution in [0.15, 0.2) is 12.1 Å². The van der Waals surface area contributed by atoms with Gasteiger partial charge in [-0.05, 0) is 49.4 Å². The summed E-state index contributed by atoms with van der Waals surface area (Å²) >= 11 is 0. The summed E-state index contributed by atoms with van der Waals surface area (Å²) < 4.78 is 5.44. The maximum atomic E-state index is 9.71. The molecular formula is C16H27NO2. The zero-order valence-corrected chi connectivity index (χ0v) is 13.0. The molecule has 108 valence electrons. The molecule has 0 aromatic heterocycles. The zero-order chi connectivity index (χ0) is 14.6. The molecule has 0 spiro atoms. The van der Waals surface area contributed by atoms with Crippen molar-refractivity contribution in [3.05, 3.63) is 28.8 Å². The molecule has 2 N–H and O–H groups in total. The molecule has 3 nitrogen and oxygen atoms in total. The minimum atomic E-state index is -0.679. The van der Waals surface area contributed by atoms with Crippen LogP contribution in [0.4, 0.5) is 0 Å². The topological polar surface area (TPSA) is 41.5 Å². The predicted molar refractivity (Wildman–Crippen MR) is 79.8 cm³/mol. The SMILES string of the molecule is COc1cc(C)c(CNCC(C)(C)O)cc1C(C)C. The van der Waals surface area contributed by atoms with Gasteiger partial charge in [-0.2, -0.15) is 0 Å². The summed E-state index contributed by atoms with van der Waals surface area (Å²) in [5.41, 5.74) is 3.02. The molecule has 1 aromatic carbocycles. The second kappa shape index (κ2) is 6.40. The number of hydrogen-bond acceptors (Lipinski definition) is 3.